The third-order valence-electron chi connectivity index (χ3n) is 5.79. The lowest BCUT2D eigenvalue weighted by atomic mass is 9.94. The normalized spacial score (nSPS) is 21.1. The molecule has 1 aliphatic heterocycles. The Morgan fingerprint density at radius 1 is 1.08 bits per heavy atom. The first-order valence-corrected chi connectivity index (χ1v) is 9.53. The molecule has 138 valence electrons. The number of benzene rings is 1. The van der Waals surface area contributed by atoms with Crippen LogP contribution < -0.4 is 0 Å². The SMILES string of the molecule is O=C(O)C1CCN(C(c2ccccc2)c2nnnn2C2CCCC2)CC1. The van der Waals surface area contributed by atoms with E-state index in [0.29, 0.717) is 18.9 Å². The lowest BCUT2D eigenvalue weighted by Gasteiger charge is -2.36. The molecule has 1 unspecified atom stereocenters. The highest BCUT2D eigenvalue weighted by atomic mass is 16.4. The largest absolute Gasteiger partial charge is 0.481 e. The van der Waals surface area contributed by atoms with Crippen LogP contribution in [0.25, 0.3) is 0 Å². The Morgan fingerprint density at radius 3 is 2.42 bits per heavy atom. The fourth-order valence-electron chi connectivity index (χ4n) is 4.35. The Balaban J connectivity index is 1.65. The minimum atomic E-state index is -0.684. The molecule has 1 saturated carbocycles. The van der Waals surface area contributed by atoms with Crippen molar-refractivity contribution in [3.8, 4) is 0 Å². The van der Waals surface area contributed by atoms with Crippen LogP contribution in [0, 0.1) is 5.92 Å². The Kier molecular flexibility index (Phi) is 4.97. The highest BCUT2D eigenvalue weighted by Crippen LogP contribution is 2.35. The Hall–Kier alpha value is -2.28. The number of carboxylic acids is 1. The maximum atomic E-state index is 11.3. The van der Waals surface area contributed by atoms with Gasteiger partial charge in [0.25, 0.3) is 0 Å². The summed E-state index contributed by atoms with van der Waals surface area (Å²) in [5.74, 6) is -0.0397. The van der Waals surface area contributed by atoms with Gasteiger partial charge in [0.1, 0.15) is 0 Å². The summed E-state index contributed by atoms with van der Waals surface area (Å²) in [5.41, 5.74) is 1.16. The molecule has 1 aliphatic carbocycles. The minimum absolute atomic E-state index is 0.0263. The molecule has 2 fully saturated rings. The molecule has 0 radical (unpaired) electrons. The van der Waals surface area contributed by atoms with E-state index in [1.807, 2.05) is 22.9 Å². The van der Waals surface area contributed by atoms with E-state index in [4.69, 9.17) is 0 Å². The van der Waals surface area contributed by atoms with Crippen molar-refractivity contribution in [3.63, 3.8) is 0 Å². The number of tetrazole rings is 1. The predicted octanol–water partition coefficient (Wildman–Crippen LogP) is 2.67. The molecule has 1 saturated heterocycles. The molecular weight excluding hydrogens is 330 g/mol. The number of rotatable bonds is 5. The second-order valence-corrected chi connectivity index (χ2v) is 7.38. The van der Waals surface area contributed by atoms with Gasteiger partial charge in [0.2, 0.25) is 0 Å². The van der Waals surface area contributed by atoms with Gasteiger partial charge in [0.05, 0.1) is 18.0 Å². The van der Waals surface area contributed by atoms with Crippen molar-refractivity contribution in [1.82, 2.24) is 25.1 Å². The van der Waals surface area contributed by atoms with E-state index in [1.165, 1.54) is 12.8 Å². The zero-order valence-electron chi connectivity index (χ0n) is 14.9. The molecule has 0 bridgehead atoms. The summed E-state index contributed by atoms with van der Waals surface area (Å²) in [6, 6.07) is 10.7. The molecular formula is C19H25N5O2. The van der Waals surface area contributed by atoms with Crippen LogP contribution in [-0.4, -0.2) is 49.3 Å². The van der Waals surface area contributed by atoms with Crippen molar-refractivity contribution in [2.75, 3.05) is 13.1 Å². The Bertz CT molecular complexity index is 733. The topological polar surface area (TPSA) is 84.1 Å². The van der Waals surface area contributed by atoms with Crippen LogP contribution in [0.5, 0.6) is 0 Å². The molecule has 26 heavy (non-hydrogen) atoms. The number of aliphatic carboxylic acids is 1. The van der Waals surface area contributed by atoms with Gasteiger partial charge >= 0.3 is 5.97 Å². The summed E-state index contributed by atoms with van der Waals surface area (Å²) >= 11 is 0. The van der Waals surface area contributed by atoms with Crippen LogP contribution in [-0.2, 0) is 4.79 Å². The maximum absolute atomic E-state index is 11.3. The highest BCUT2D eigenvalue weighted by molar-refractivity contribution is 5.70. The van der Waals surface area contributed by atoms with Crippen LogP contribution >= 0.6 is 0 Å². The highest BCUT2D eigenvalue weighted by Gasteiger charge is 2.34. The molecule has 1 atom stereocenters. The van der Waals surface area contributed by atoms with Crippen molar-refractivity contribution in [2.24, 2.45) is 5.92 Å². The standard InChI is InChI=1S/C19H25N5O2/c25-19(26)15-10-12-23(13-11-15)17(14-6-2-1-3-7-14)18-20-21-22-24(18)16-8-4-5-9-16/h1-3,6-7,15-17H,4-5,8-13H2,(H,25,26). The number of piperidine rings is 1. The molecule has 2 aliphatic rings. The first-order chi connectivity index (χ1) is 12.7. The molecule has 1 aromatic carbocycles. The third-order valence-corrected chi connectivity index (χ3v) is 5.79. The number of likely N-dealkylation sites (tertiary alicyclic amines) is 1. The van der Waals surface area contributed by atoms with Gasteiger partial charge in [-0.15, -0.1) is 5.10 Å². The van der Waals surface area contributed by atoms with E-state index in [1.54, 1.807) is 0 Å². The van der Waals surface area contributed by atoms with Gasteiger partial charge in [-0.05, 0) is 54.8 Å². The summed E-state index contributed by atoms with van der Waals surface area (Å²) in [6.45, 7) is 1.49. The van der Waals surface area contributed by atoms with E-state index < -0.39 is 5.97 Å². The van der Waals surface area contributed by atoms with Crippen LogP contribution in [0.2, 0.25) is 0 Å². The molecule has 7 nitrogen and oxygen atoms in total. The summed E-state index contributed by atoms with van der Waals surface area (Å²) in [7, 11) is 0. The van der Waals surface area contributed by atoms with Gasteiger partial charge in [-0.1, -0.05) is 43.2 Å². The van der Waals surface area contributed by atoms with Gasteiger partial charge in [-0.2, -0.15) is 0 Å². The Morgan fingerprint density at radius 2 is 1.77 bits per heavy atom. The lowest BCUT2D eigenvalue weighted by Crippen LogP contribution is -2.40. The van der Waals surface area contributed by atoms with E-state index in [-0.39, 0.29) is 12.0 Å². The Labute approximate surface area is 153 Å². The molecule has 7 heteroatoms. The second kappa shape index (κ2) is 7.53. The summed E-state index contributed by atoms with van der Waals surface area (Å²) in [6.07, 6.45) is 6.04. The van der Waals surface area contributed by atoms with Crippen LogP contribution in [0.4, 0.5) is 0 Å². The van der Waals surface area contributed by atoms with Crippen LogP contribution in [0.3, 0.4) is 0 Å². The molecule has 1 aromatic heterocycles. The van der Waals surface area contributed by atoms with Crippen LogP contribution in [0.1, 0.15) is 62.0 Å². The molecule has 2 heterocycles. The van der Waals surface area contributed by atoms with E-state index in [2.05, 4.69) is 32.6 Å². The van der Waals surface area contributed by atoms with Gasteiger partial charge in [0.15, 0.2) is 5.82 Å². The van der Waals surface area contributed by atoms with Gasteiger partial charge in [-0.3, -0.25) is 9.69 Å². The van der Waals surface area contributed by atoms with E-state index in [9.17, 15) is 9.90 Å². The van der Waals surface area contributed by atoms with Crippen LogP contribution in [0.15, 0.2) is 30.3 Å². The molecule has 1 N–H and O–H groups in total. The zero-order chi connectivity index (χ0) is 17.9. The first kappa shape index (κ1) is 17.1. The summed E-state index contributed by atoms with van der Waals surface area (Å²) < 4.78 is 2.02. The van der Waals surface area contributed by atoms with Crippen molar-refractivity contribution in [3.05, 3.63) is 41.7 Å². The second-order valence-electron chi connectivity index (χ2n) is 7.38. The van der Waals surface area contributed by atoms with E-state index >= 15 is 0 Å². The molecule has 2 aromatic rings. The van der Waals surface area contributed by atoms with Crippen molar-refractivity contribution >= 4 is 5.97 Å². The molecule has 4 rings (SSSR count). The number of carbonyl (C=O) groups is 1. The molecule has 0 amide bonds. The minimum Gasteiger partial charge on any atom is -0.481 e. The summed E-state index contributed by atoms with van der Waals surface area (Å²) in [4.78, 5) is 13.6. The van der Waals surface area contributed by atoms with Gasteiger partial charge < -0.3 is 5.11 Å². The van der Waals surface area contributed by atoms with Crippen molar-refractivity contribution < 1.29 is 9.90 Å². The average Bonchev–Trinajstić information content (AvgIpc) is 3.35. The predicted molar refractivity (Wildman–Crippen MR) is 95.5 cm³/mol. The first-order valence-electron chi connectivity index (χ1n) is 9.53. The third kappa shape index (κ3) is 3.35. The molecule has 0 spiro atoms. The smallest absolute Gasteiger partial charge is 0.306 e. The van der Waals surface area contributed by atoms with Crippen molar-refractivity contribution in [1.29, 1.82) is 0 Å². The number of hydrogen-bond acceptors (Lipinski definition) is 5. The number of carboxylic acid groups (broad SMARTS) is 1. The fourth-order valence-corrected chi connectivity index (χ4v) is 4.35. The van der Waals surface area contributed by atoms with E-state index in [0.717, 1.165) is 37.3 Å². The summed E-state index contributed by atoms with van der Waals surface area (Å²) in [5, 5.41) is 22.0. The zero-order valence-corrected chi connectivity index (χ0v) is 14.9. The van der Waals surface area contributed by atoms with Gasteiger partial charge in [0, 0.05) is 0 Å². The lowest BCUT2D eigenvalue weighted by molar-refractivity contribution is -0.143. The van der Waals surface area contributed by atoms with Gasteiger partial charge in [-0.25, -0.2) is 4.68 Å². The maximum Gasteiger partial charge on any atom is 0.306 e. The number of nitrogens with zero attached hydrogens (tertiary/aromatic N) is 5. The average molecular weight is 355 g/mol. The number of aromatic nitrogens is 4. The quantitative estimate of drug-likeness (QED) is 0.888. The monoisotopic (exact) mass is 355 g/mol. The van der Waals surface area contributed by atoms with Crippen molar-refractivity contribution in [2.45, 2.75) is 50.6 Å². The fraction of sp³-hybridized carbons (Fsp3) is 0.579. The number of hydrogen-bond donors (Lipinski definition) is 1.